The second-order valence-corrected chi connectivity index (χ2v) is 7.79. The summed E-state index contributed by atoms with van der Waals surface area (Å²) in [6.45, 7) is 0.00687. The number of hydrogen-bond acceptors (Lipinski definition) is 7. The van der Waals surface area contributed by atoms with Gasteiger partial charge in [0.2, 0.25) is 0 Å². The van der Waals surface area contributed by atoms with Crippen molar-refractivity contribution in [3.05, 3.63) is 77.9 Å². The number of hydrogen-bond donors (Lipinski definition) is 2. The Morgan fingerprint density at radius 1 is 1.09 bits per heavy atom. The Morgan fingerprint density at radius 3 is 2.63 bits per heavy atom. The molecule has 0 atom stereocenters. The number of thiocarbonyl (C=S) groups is 1. The van der Waals surface area contributed by atoms with Gasteiger partial charge in [0.15, 0.2) is 23.2 Å². The lowest BCUT2D eigenvalue weighted by atomic mass is 10.1. The van der Waals surface area contributed by atoms with Gasteiger partial charge in [-0.3, -0.25) is 14.5 Å². The van der Waals surface area contributed by atoms with Crippen LogP contribution < -0.4 is 24.8 Å². The quantitative estimate of drug-likeness (QED) is 0.345. The molecule has 2 aromatic carbocycles. The highest BCUT2D eigenvalue weighted by Gasteiger charge is 2.31. The van der Waals surface area contributed by atoms with E-state index in [9.17, 15) is 9.59 Å². The number of nitrogens with zero attached hydrogens (tertiary/aromatic N) is 1. The minimum Gasteiger partial charge on any atom is -0.495 e. The molecule has 1 aliphatic heterocycles. The summed E-state index contributed by atoms with van der Waals surface area (Å²) in [5.74, 6) is 1.34. The van der Waals surface area contributed by atoms with Gasteiger partial charge in [-0.1, -0.05) is 18.2 Å². The number of furan rings is 1. The first-order valence-electron chi connectivity index (χ1n) is 10.6. The zero-order valence-electron chi connectivity index (χ0n) is 19.1. The van der Waals surface area contributed by atoms with Gasteiger partial charge in [-0.2, -0.15) is 0 Å². The van der Waals surface area contributed by atoms with Crippen molar-refractivity contribution in [3.8, 4) is 17.2 Å². The number of benzene rings is 2. The summed E-state index contributed by atoms with van der Waals surface area (Å²) in [5, 5.41) is 5.98. The molecule has 0 aliphatic carbocycles. The van der Waals surface area contributed by atoms with Crippen LogP contribution in [0.15, 0.2) is 71.0 Å². The molecule has 2 heterocycles. The van der Waals surface area contributed by atoms with Crippen molar-refractivity contribution in [2.24, 2.45) is 0 Å². The topological polar surface area (TPSA) is 102 Å². The number of amides is 2. The van der Waals surface area contributed by atoms with E-state index in [1.165, 1.54) is 19.1 Å². The zero-order chi connectivity index (χ0) is 24.8. The highest BCUT2D eigenvalue weighted by molar-refractivity contribution is 7.80. The van der Waals surface area contributed by atoms with Crippen molar-refractivity contribution in [3.63, 3.8) is 0 Å². The minimum atomic E-state index is -0.353. The predicted molar refractivity (Wildman–Crippen MR) is 133 cm³/mol. The maximum atomic E-state index is 12.8. The van der Waals surface area contributed by atoms with Crippen LogP contribution in [0.25, 0.3) is 6.08 Å². The first kappa shape index (κ1) is 23.8. The third-order valence-corrected chi connectivity index (χ3v) is 5.42. The Kier molecular flexibility index (Phi) is 7.32. The molecule has 1 fully saturated rings. The molecule has 0 radical (unpaired) electrons. The summed E-state index contributed by atoms with van der Waals surface area (Å²) in [7, 11) is 3.02. The molecule has 0 unspecified atom stereocenters. The lowest BCUT2D eigenvalue weighted by Gasteiger charge is -2.13. The van der Waals surface area contributed by atoms with Crippen LogP contribution in [0.1, 0.15) is 11.3 Å². The summed E-state index contributed by atoms with van der Waals surface area (Å²) in [5.41, 5.74) is 1.56. The number of nitrogens with one attached hydrogen (secondary N) is 2. The van der Waals surface area contributed by atoms with Crippen LogP contribution in [0.3, 0.4) is 0 Å². The largest absolute Gasteiger partial charge is 0.495 e. The summed E-state index contributed by atoms with van der Waals surface area (Å²) < 4.78 is 21.6. The zero-order valence-corrected chi connectivity index (χ0v) is 19.9. The van der Waals surface area contributed by atoms with Crippen molar-refractivity contribution in [1.29, 1.82) is 0 Å². The third-order valence-electron chi connectivity index (χ3n) is 5.09. The fourth-order valence-corrected chi connectivity index (χ4v) is 3.67. The van der Waals surface area contributed by atoms with Crippen molar-refractivity contribution < 1.29 is 28.2 Å². The molecule has 9 nitrogen and oxygen atoms in total. The fraction of sp³-hybridized carbons (Fsp3) is 0.160. The Labute approximate surface area is 207 Å². The molecule has 2 N–H and O–H groups in total. The average molecular weight is 494 g/mol. The molecule has 10 heteroatoms. The van der Waals surface area contributed by atoms with Gasteiger partial charge in [0.25, 0.3) is 11.8 Å². The van der Waals surface area contributed by atoms with Crippen LogP contribution in [0.4, 0.5) is 5.69 Å². The van der Waals surface area contributed by atoms with E-state index in [0.717, 1.165) is 0 Å². The second kappa shape index (κ2) is 10.7. The predicted octanol–water partition coefficient (Wildman–Crippen LogP) is 3.57. The van der Waals surface area contributed by atoms with Crippen LogP contribution in [0, 0.1) is 0 Å². The first-order chi connectivity index (χ1) is 17.0. The van der Waals surface area contributed by atoms with Crippen LogP contribution in [0.5, 0.6) is 17.2 Å². The van der Waals surface area contributed by atoms with Gasteiger partial charge in [-0.05, 0) is 60.3 Å². The number of carbonyl (C=O) groups excluding carboxylic acids is 2. The monoisotopic (exact) mass is 493 g/mol. The van der Waals surface area contributed by atoms with E-state index in [1.807, 2.05) is 6.07 Å². The molecule has 35 heavy (non-hydrogen) atoms. The van der Waals surface area contributed by atoms with Crippen molar-refractivity contribution >= 4 is 40.9 Å². The Balaban J connectivity index is 1.42. The molecule has 1 aromatic heterocycles. The summed E-state index contributed by atoms with van der Waals surface area (Å²) in [6.07, 6.45) is 3.21. The molecular formula is C25H23N3O6S. The highest BCUT2D eigenvalue weighted by atomic mass is 32.1. The maximum Gasteiger partial charge on any atom is 0.276 e. The van der Waals surface area contributed by atoms with Gasteiger partial charge in [-0.25, -0.2) is 0 Å². The standard InChI is InChI=1S/C25H23N3O6S/c1-31-20-8-4-3-7-18(20)26-23(29)15-34-21-10-9-16(13-22(21)32-2)12-19-24(30)28(25(35)27-19)14-17-6-5-11-33-17/h3-13H,14-15H2,1-2H3,(H,26,29)(H,27,35)/b19-12+. The highest BCUT2D eigenvalue weighted by Crippen LogP contribution is 2.30. The van der Waals surface area contributed by atoms with E-state index in [2.05, 4.69) is 10.6 Å². The van der Waals surface area contributed by atoms with Crippen molar-refractivity contribution in [1.82, 2.24) is 10.2 Å². The lowest BCUT2D eigenvalue weighted by Crippen LogP contribution is -2.29. The molecule has 2 amide bonds. The van der Waals surface area contributed by atoms with E-state index in [-0.39, 0.29) is 25.0 Å². The van der Waals surface area contributed by atoms with Crippen LogP contribution in [-0.4, -0.2) is 42.7 Å². The first-order valence-corrected chi connectivity index (χ1v) is 11.0. The van der Waals surface area contributed by atoms with Crippen molar-refractivity contribution in [2.75, 3.05) is 26.1 Å². The molecule has 4 rings (SSSR count). The van der Waals surface area contributed by atoms with E-state index in [1.54, 1.807) is 60.9 Å². The number of anilines is 1. The van der Waals surface area contributed by atoms with Crippen molar-refractivity contribution in [2.45, 2.75) is 6.54 Å². The van der Waals surface area contributed by atoms with Crippen LogP contribution in [-0.2, 0) is 16.1 Å². The number of para-hydroxylation sites is 2. The molecule has 0 bridgehead atoms. The van der Waals surface area contributed by atoms with Gasteiger partial charge in [0, 0.05) is 0 Å². The minimum absolute atomic E-state index is 0.231. The van der Waals surface area contributed by atoms with Crippen LogP contribution >= 0.6 is 12.2 Å². The van der Waals surface area contributed by atoms with Gasteiger partial charge in [-0.15, -0.1) is 0 Å². The van der Waals surface area contributed by atoms with Gasteiger partial charge < -0.3 is 29.3 Å². The molecule has 1 aliphatic rings. The van der Waals surface area contributed by atoms with E-state index >= 15 is 0 Å². The maximum absolute atomic E-state index is 12.8. The Morgan fingerprint density at radius 2 is 1.89 bits per heavy atom. The van der Waals surface area contributed by atoms with Gasteiger partial charge in [0.05, 0.1) is 32.7 Å². The SMILES string of the molecule is COc1ccccc1NC(=O)COc1ccc(/C=C2/NC(=S)N(Cc3ccco3)C2=O)cc1OC. The Bertz CT molecular complexity index is 1270. The fourth-order valence-electron chi connectivity index (χ4n) is 3.41. The number of carbonyl (C=O) groups is 2. The molecule has 180 valence electrons. The smallest absolute Gasteiger partial charge is 0.276 e. The Hall–Kier alpha value is -4.31. The second-order valence-electron chi connectivity index (χ2n) is 7.41. The average Bonchev–Trinajstić information content (AvgIpc) is 3.47. The van der Waals surface area contributed by atoms with E-state index < -0.39 is 0 Å². The number of methoxy groups -OCH3 is 2. The molecule has 0 saturated carbocycles. The molecule has 3 aromatic rings. The van der Waals surface area contributed by atoms with E-state index in [4.69, 9.17) is 30.8 Å². The summed E-state index contributed by atoms with van der Waals surface area (Å²) >= 11 is 5.30. The van der Waals surface area contributed by atoms with Crippen LogP contribution in [0.2, 0.25) is 0 Å². The van der Waals surface area contributed by atoms with Gasteiger partial charge >= 0.3 is 0 Å². The molecular weight excluding hydrogens is 470 g/mol. The lowest BCUT2D eigenvalue weighted by molar-refractivity contribution is -0.123. The molecule has 0 spiro atoms. The van der Waals surface area contributed by atoms with E-state index in [0.29, 0.717) is 45.1 Å². The normalized spacial score (nSPS) is 14.1. The molecule has 1 saturated heterocycles. The number of rotatable bonds is 9. The van der Waals surface area contributed by atoms with Gasteiger partial charge in [0.1, 0.15) is 17.2 Å². The number of ether oxygens (including phenoxy) is 3. The summed E-state index contributed by atoms with van der Waals surface area (Å²) in [4.78, 5) is 26.6. The third kappa shape index (κ3) is 5.61. The summed E-state index contributed by atoms with van der Waals surface area (Å²) in [6, 6.07) is 15.7.